The molecule has 184 valence electrons. The molecule has 5 rings (SSSR count). The molecule has 5 aromatic rings. The van der Waals surface area contributed by atoms with Crippen LogP contribution in [0.5, 0.6) is 5.75 Å². The fraction of sp³-hybridized carbons (Fsp3) is 0.129. The number of fused-ring (bicyclic) bond motifs is 1. The molecule has 0 saturated heterocycles. The number of hydrogen-bond acceptors (Lipinski definition) is 4. The Kier molecular flexibility index (Phi) is 6.81. The number of carbonyl (C=O) groups is 1. The van der Waals surface area contributed by atoms with Gasteiger partial charge in [0.15, 0.2) is 0 Å². The molecule has 0 aliphatic carbocycles. The maximum Gasteiger partial charge on any atom is 0.265 e. The van der Waals surface area contributed by atoms with E-state index in [1.807, 2.05) is 78.9 Å². The number of rotatable bonds is 7. The Bertz CT molecular complexity index is 1570. The number of methoxy groups -OCH3 is 1. The zero-order chi connectivity index (χ0) is 25.8. The van der Waals surface area contributed by atoms with E-state index in [0.717, 1.165) is 11.1 Å². The summed E-state index contributed by atoms with van der Waals surface area (Å²) < 4.78 is 7.15. The van der Waals surface area contributed by atoms with Crippen LogP contribution in [0.4, 0.5) is 5.69 Å². The van der Waals surface area contributed by atoms with Gasteiger partial charge in [0.2, 0.25) is 5.91 Å². The summed E-state index contributed by atoms with van der Waals surface area (Å²) in [5.41, 5.74) is 3.80. The van der Waals surface area contributed by atoms with Crippen LogP contribution in [0.2, 0.25) is 0 Å². The molecule has 6 nitrogen and oxygen atoms in total. The number of ether oxygens (including phenoxy) is 1. The molecule has 1 amide bonds. The molecule has 37 heavy (non-hydrogen) atoms. The van der Waals surface area contributed by atoms with Crippen molar-refractivity contribution in [3.8, 4) is 11.4 Å². The molecule has 1 N–H and O–H groups in total. The highest BCUT2D eigenvalue weighted by molar-refractivity contribution is 5.93. The van der Waals surface area contributed by atoms with Gasteiger partial charge in [-0.3, -0.25) is 14.2 Å². The summed E-state index contributed by atoms with van der Waals surface area (Å²) in [6.07, 6.45) is 0.270. The molecule has 4 aromatic carbocycles. The van der Waals surface area contributed by atoms with Crippen molar-refractivity contribution in [3.63, 3.8) is 0 Å². The smallest absolute Gasteiger partial charge is 0.265 e. The van der Waals surface area contributed by atoms with Crippen LogP contribution in [0.1, 0.15) is 29.3 Å². The zero-order valence-corrected chi connectivity index (χ0v) is 20.7. The Balaban J connectivity index is 1.43. The van der Waals surface area contributed by atoms with Gasteiger partial charge < -0.3 is 10.1 Å². The first-order chi connectivity index (χ1) is 18.0. The number of aromatic nitrogens is 2. The Hall–Kier alpha value is -4.71. The molecule has 1 heterocycles. The first-order valence-corrected chi connectivity index (χ1v) is 12.1. The van der Waals surface area contributed by atoms with Crippen molar-refractivity contribution in [1.29, 1.82) is 0 Å². The number of nitrogens with one attached hydrogen (secondary N) is 1. The predicted molar refractivity (Wildman–Crippen MR) is 147 cm³/mol. The number of anilines is 1. The third-order valence-corrected chi connectivity index (χ3v) is 6.45. The first kappa shape index (κ1) is 24.0. The van der Waals surface area contributed by atoms with Gasteiger partial charge in [0.05, 0.1) is 29.4 Å². The van der Waals surface area contributed by atoms with Gasteiger partial charge in [0, 0.05) is 18.4 Å². The lowest BCUT2D eigenvalue weighted by molar-refractivity contribution is -0.116. The van der Waals surface area contributed by atoms with E-state index in [9.17, 15) is 9.59 Å². The van der Waals surface area contributed by atoms with Crippen LogP contribution in [0.15, 0.2) is 108 Å². The molecule has 0 bridgehead atoms. The summed E-state index contributed by atoms with van der Waals surface area (Å²) in [6, 6.07) is 32.6. The zero-order valence-electron chi connectivity index (χ0n) is 20.7. The van der Waals surface area contributed by atoms with Crippen molar-refractivity contribution < 1.29 is 9.53 Å². The lowest BCUT2D eigenvalue weighted by atomic mass is 9.88. The van der Waals surface area contributed by atoms with E-state index in [4.69, 9.17) is 4.74 Å². The van der Waals surface area contributed by atoms with Crippen LogP contribution in [0, 0.1) is 6.92 Å². The molecule has 1 aromatic heterocycles. The predicted octanol–water partition coefficient (Wildman–Crippen LogP) is 5.86. The third kappa shape index (κ3) is 5.00. The van der Waals surface area contributed by atoms with E-state index < -0.39 is 0 Å². The summed E-state index contributed by atoms with van der Waals surface area (Å²) in [6.45, 7) is 1.79. The molecule has 0 spiro atoms. The van der Waals surface area contributed by atoms with Crippen LogP contribution in [-0.4, -0.2) is 22.6 Å². The average Bonchev–Trinajstić information content (AvgIpc) is 2.93. The number of aryl methyl sites for hydroxylation is 1. The minimum atomic E-state index is -0.157. The highest BCUT2D eigenvalue weighted by Gasteiger charge is 2.20. The van der Waals surface area contributed by atoms with Gasteiger partial charge in [-0.2, -0.15) is 0 Å². The second-order valence-electron chi connectivity index (χ2n) is 8.83. The molecule has 0 saturated carbocycles. The van der Waals surface area contributed by atoms with Crippen LogP contribution in [-0.2, 0) is 4.79 Å². The monoisotopic (exact) mass is 489 g/mol. The lowest BCUT2D eigenvalue weighted by Gasteiger charge is -2.19. The van der Waals surface area contributed by atoms with Gasteiger partial charge in [-0.05, 0) is 42.3 Å². The number of nitrogens with zero attached hydrogens (tertiary/aromatic N) is 2. The molecule has 6 heteroatoms. The highest BCUT2D eigenvalue weighted by Crippen LogP contribution is 2.31. The standard InChI is InChI=1S/C31H27N3O3/c1-21-32-27-16-10-9-15-25(27)31(36)34(21)24-17-18-28(29(19-24)37-2)33-30(35)20-26(22-11-5-3-6-12-22)23-13-7-4-8-14-23/h3-19,26H,20H2,1-2H3,(H,33,35). The van der Waals surface area contributed by atoms with Gasteiger partial charge in [-0.25, -0.2) is 4.98 Å². The molecule has 0 fully saturated rings. The van der Waals surface area contributed by atoms with Crippen LogP contribution in [0.3, 0.4) is 0 Å². The largest absolute Gasteiger partial charge is 0.494 e. The first-order valence-electron chi connectivity index (χ1n) is 12.1. The number of benzene rings is 4. The summed E-state index contributed by atoms with van der Waals surface area (Å²) >= 11 is 0. The average molecular weight is 490 g/mol. The molecule has 0 radical (unpaired) electrons. The number of amides is 1. The van der Waals surface area contributed by atoms with E-state index in [1.165, 1.54) is 0 Å². The number of para-hydroxylation sites is 1. The maximum atomic E-state index is 13.2. The molecular formula is C31H27N3O3. The quantitative estimate of drug-likeness (QED) is 0.311. The lowest BCUT2D eigenvalue weighted by Crippen LogP contribution is -2.22. The Labute approximate surface area is 215 Å². The van der Waals surface area contributed by atoms with Crippen LogP contribution in [0.25, 0.3) is 16.6 Å². The SMILES string of the molecule is COc1cc(-n2c(C)nc3ccccc3c2=O)ccc1NC(=O)CC(c1ccccc1)c1ccccc1. The number of carbonyl (C=O) groups excluding carboxylic acids is 1. The summed E-state index contributed by atoms with van der Waals surface area (Å²) in [5, 5.41) is 3.54. The molecule has 0 atom stereocenters. The van der Waals surface area contributed by atoms with Crippen molar-refractivity contribution in [2.24, 2.45) is 0 Å². The second-order valence-corrected chi connectivity index (χ2v) is 8.83. The van der Waals surface area contributed by atoms with E-state index in [2.05, 4.69) is 10.3 Å². The van der Waals surface area contributed by atoms with E-state index in [1.54, 1.807) is 42.9 Å². The molecule has 0 aliphatic heterocycles. The summed E-state index contributed by atoms with van der Waals surface area (Å²) in [4.78, 5) is 31.0. The minimum Gasteiger partial charge on any atom is -0.494 e. The topological polar surface area (TPSA) is 73.2 Å². The Morgan fingerprint density at radius 1 is 0.892 bits per heavy atom. The van der Waals surface area contributed by atoms with Crippen LogP contribution < -0.4 is 15.6 Å². The second kappa shape index (κ2) is 10.5. The van der Waals surface area contributed by atoms with Gasteiger partial charge in [0.25, 0.3) is 5.56 Å². The Morgan fingerprint density at radius 3 is 2.16 bits per heavy atom. The normalized spacial score (nSPS) is 11.0. The van der Waals surface area contributed by atoms with Gasteiger partial charge in [-0.1, -0.05) is 72.8 Å². The molecule has 0 aliphatic rings. The number of hydrogen-bond donors (Lipinski definition) is 1. The molecule has 0 unspecified atom stereocenters. The fourth-order valence-electron chi connectivity index (χ4n) is 4.66. The van der Waals surface area contributed by atoms with Crippen LogP contribution >= 0.6 is 0 Å². The van der Waals surface area contributed by atoms with Crippen molar-refractivity contribution in [2.45, 2.75) is 19.3 Å². The van der Waals surface area contributed by atoms with Crippen molar-refractivity contribution in [1.82, 2.24) is 9.55 Å². The summed E-state index contributed by atoms with van der Waals surface area (Å²) in [7, 11) is 1.54. The minimum absolute atomic E-state index is 0.0856. The van der Waals surface area contributed by atoms with E-state index in [-0.39, 0.29) is 23.8 Å². The van der Waals surface area contributed by atoms with E-state index >= 15 is 0 Å². The highest BCUT2D eigenvalue weighted by atomic mass is 16.5. The van der Waals surface area contributed by atoms with Crippen molar-refractivity contribution in [3.05, 3.63) is 130 Å². The van der Waals surface area contributed by atoms with Crippen molar-refractivity contribution >= 4 is 22.5 Å². The molecular weight excluding hydrogens is 462 g/mol. The fourth-order valence-corrected chi connectivity index (χ4v) is 4.66. The van der Waals surface area contributed by atoms with E-state index in [0.29, 0.717) is 33.9 Å². The Morgan fingerprint density at radius 2 is 1.51 bits per heavy atom. The maximum absolute atomic E-state index is 13.2. The van der Waals surface area contributed by atoms with Gasteiger partial charge >= 0.3 is 0 Å². The van der Waals surface area contributed by atoms with Crippen molar-refractivity contribution in [2.75, 3.05) is 12.4 Å². The van der Waals surface area contributed by atoms with Gasteiger partial charge in [-0.15, -0.1) is 0 Å². The third-order valence-electron chi connectivity index (χ3n) is 6.45. The summed E-state index contributed by atoms with van der Waals surface area (Å²) in [5.74, 6) is 0.805. The van der Waals surface area contributed by atoms with Gasteiger partial charge in [0.1, 0.15) is 11.6 Å².